The van der Waals surface area contributed by atoms with Crippen LogP contribution in [0.3, 0.4) is 0 Å². The number of aromatic amines is 1. The molecular weight excluding hydrogens is 204 g/mol. The first-order valence-electron chi connectivity index (χ1n) is 5.66. The van der Waals surface area contributed by atoms with Crippen molar-refractivity contribution in [3.05, 3.63) is 27.4 Å². The number of H-pyrrole nitrogens is 1. The van der Waals surface area contributed by atoms with Gasteiger partial charge in [-0.1, -0.05) is 13.8 Å². The van der Waals surface area contributed by atoms with E-state index in [1.807, 2.05) is 6.92 Å². The Hall–Kier alpha value is -1.16. The molecule has 1 aromatic heterocycles. The number of aromatic nitrogens is 2. The molecule has 1 aromatic rings. The average molecular weight is 222 g/mol. The lowest BCUT2D eigenvalue weighted by atomic mass is 10.1. The lowest BCUT2D eigenvalue weighted by molar-refractivity contribution is 0.298. The molecule has 4 nitrogen and oxygen atoms in total. The summed E-state index contributed by atoms with van der Waals surface area (Å²) >= 11 is 0. The Kier molecular flexibility index (Phi) is 2.62. The van der Waals surface area contributed by atoms with Crippen LogP contribution < -0.4 is 5.56 Å². The predicted molar refractivity (Wildman–Crippen MR) is 61.5 cm³/mol. The fraction of sp³-hybridized carbons (Fsp3) is 0.667. The van der Waals surface area contributed by atoms with Gasteiger partial charge in [0.1, 0.15) is 5.82 Å². The van der Waals surface area contributed by atoms with Gasteiger partial charge in [-0.25, -0.2) is 4.98 Å². The van der Waals surface area contributed by atoms with E-state index in [1.165, 1.54) is 0 Å². The first-order valence-corrected chi connectivity index (χ1v) is 5.66. The van der Waals surface area contributed by atoms with Gasteiger partial charge < -0.3 is 10.1 Å². The van der Waals surface area contributed by atoms with Crippen molar-refractivity contribution in [3.63, 3.8) is 0 Å². The lowest BCUT2D eigenvalue weighted by Gasteiger charge is -2.07. The number of aryl methyl sites for hydroxylation is 1. The minimum atomic E-state index is -0.0979. The van der Waals surface area contributed by atoms with Crippen LogP contribution in [0.4, 0.5) is 0 Å². The second-order valence-corrected chi connectivity index (χ2v) is 5.23. The molecule has 1 saturated carbocycles. The standard InChI is InChI=1S/C12H18N2O2/c1-7-8(4-5-15)11(16)14-10(13-7)9-6-12(9,2)3/h9,15H,4-6H2,1-3H3,(H,13,14,16). The molecule has 1 unspecified atom stereocenters. The van der Waals surface area contributed by atoms with Crippen LogP contribution in [0, 0.1) is 12.3 Å². The van der Waals surface area contributed by atoms with Gasteiger partial charge in [0.15, 0.2) is 0 Å². The summed E-state index contributed by atoms with van der Waals surface area (Å²) in [6.45, 7) is 6.17. The molecule has 0 radical (unpaired) electrons. The number of nitrogens with zero attached hydrogens (tertiary/aromatic N) is 1. The maximum Gasteiger partial charge on any atom is 0.254 e. The molecule has 0 amide bonds. The number of rotatable bonds is 3. The normalized spacial score (nSPS) is 22.1. The second-order valence-electron chi connectivity index (χ2n) is 5.23. The fourth-order valence-electron chi connectivity index (χ4n) is 2.14. The van der Waals surface area contributed by atoms with Crippen LogP contribution in [-0.4, -0.2) is 21.7 Å². The van der Waals surface area contributed by atoms with Crippen molar-refractivity contribution in [1.82, 2.24) is 9.97 Å². The van der Waals surface area contributed by atoms with Gasteiger partial charge >= 0.3 is 0 Å². The van der Waals surface area contributed by atoms with E-state index >= 15 is 0 Å². The molecular formula is C12H18N2O2. The quantitative estimate of drug-likeness (QED) is 0.805. The maximum absolute atomic E-state index is 11.8. The average Bonchev–Trinajstić information content (AvgIpc) is 2.81. The highest BCUT2D eigenvalue weighted by atomic mass is 16.3. The van der Waals surface area contributed by atoms with Crippen molar-refractivity contribution < 1.29 is 5.11 Å². The van der Waals surface area contributed by atoms with Crippen LogP contribution in [0.25, 0.3) is 0 Å². The highest BCUT2D eigenvalue weighted by Crippen LogP contribution is 2.57. The molecule has 2 rings (SSSR count). The van der Waals surface area contributed by atoms with Crippen molar-refractivity contribution in [3.8, 4) is 0 Å². The van der Waals surface area contributed by atoms with E-state index in [4.69, 9.17) is 5.11 Å². The summed E-state index contributed by atoms with van der Waals surface area (Å²) < 4.78 is 0. The van der Waals surface area contributed by atoms with Crippen LogP contribution in [0.5, 0.6) is 0 Å². The molecule has 1 heterocycles. The van der Waals surface area contributed by atoms with Gasteiger partial charge in [0, 0.05) is 30.2 Å². The number of aliphatic hydroxyl groups is 1. The fourth-order valence-corrected chi connectivity index (χ4v) is 2.14. The van der Waals surface area contributed by atoms with Crippen molar-refractivity contribution in [1.29, 1.82) is 0 Å². The predicted octanol–water partition coefficient (Wildman–Crippen LogP) is 1.13. The van der Waals surface area contributed by atoms with Crippen LogP contribution >= 0.6 is 0 Å². The van der Waals surface area contributed by atoms with Gasteiger partial charge in [0.2, 0.25) is 0 Å². The summed E-state index contributed by atoms with van der Waals surface area (Å²) in [5, 5.41) is 8.86. The van der Waals surface area contributed by atoms with Crippen molar-refractivity contribution in [2.24, 2.45) is 5.41 Å². The van der Waals surface area contributed by atoms with Gasteiger partial charge in [-0.15, -0.1) is 0 Å². The Balaban J connectivity index is 2.35. The molecule has 16 heavy (non-hydrogen) atoms. The first-order chi connectivity index (χ1) is 7.45. The third kappa shape index (κ3) is 1.89. The molecule has 4 heteroatoms. The van der Waals surface area contributed by atoms with E-state index in [9.17, 15) is 4.79 Å². The lowest BCUT2D eigenvalue weighted by Crippen LogP contribution is -2.20. The monoisotopic (exact) mass is 222 g/mol. The van der Waals surface area contributed by atoms with E-state index in [0.717, 1.165) is 17.9 Å². The van der Waals surface area contributed by atoms with Crippen molar-refractivity contribution in [2.45, 2.75) is 39.5 Å². The van der Waals surface area contributed by atoms with Gasteiger partial charge in [-0.2, -0.15) is 0 Å². The van der Waals surface area contributed by atoms with E-state index in [0.29, 0.717) is 17.9 Å². The Morgan fingerprint density at radius 3 is 2.62 bits per heavy atom. The van der Waals surface area contributed by atoms with Gasteiger partial charge in [0.05, 0.1) is 0 Å². The number of hydrogen-bond donors (Lipinski definition) is 2. The summed E-state index contributed by atoms with van der Waals surface area (Å²) in [6, 6.07) is 0. The molecule has 1 aliphatic rings. The minimum absolute atomic E-state index is 0.0140. The first kappa shape index (κ1) is 11.3. The van der Waals surface area contributed by atoms with E-state index in [1.54, 1.807) is 0 Å². The zero-order valence-electron chi connectivity index (χ0n) is 10.0. The Morgan fingerprint density at radius 1 is 1.56 bits per heavy atom. The molecule has 1 atom stereocenters. The van der Waals surface area contributed by atoms with Gasteiger partial charge in [-0.05, 0) is 18.8 Å². The van der Waals surface area contributed by atoms with Gasteiger partial charge in [0.25, 0.3) is 5.56 Å². The summed E-state index contributed by atoms with van der Waals surface area (Å²) in [6.07, 6.45) is 1.46. The van der Waals surface area contributed by atoms with Crippen molar-refractivity contribution in [2.75, 3.05) is 6.61 Å². The largest absolute Gasteiger partial charge is 0.396 e. The smallest absolute Gasteiger partial charge is 0.254 e. The Labute approximate surface area is 94.7 Å². The zero-order valence-corrected chi connectivity index (χ0v) is 10.0. The highest BCUT2D eigenvalue weighted by molar-refractivity contribution is 5.22. The van der Waals surface area contributed by atoms with Crippen LogP contribution in [0.1, 0.15) is 43.3 Å². The topological polar surface area (TPSA) is 66.0 Å². The molecule has 2 N–H and O–H groups in total. The Bertz CT molecular complexity index is 463. The number of hydrogen-bond acceptors (Lipinski definition) is 3. The van der Waals surface area contributed by atoms with E-state index in [-0.39, 0.29) is 17.6 Å². The SMILES string of the molecule is Cc1nc(C2CC2(C)C)[nH]c(=O)c1CCO. The van der Waals surface area contributed by atoms with Crippen LogP contribution in [0.2, 0.25) is 0 Å². The van der Waals surface area contributed by atoms with E-state index in [2.05, 4.69) is 23.8 Å². The van der Waals surface area contributed by atoms with E-state index < -0.39 is 0 Å². The summed E-state index contributed by atoms with van der Waals surface area (Å²) in [5.41, 5.74) is 1.51. The maximum atomic E-state index is 11.8. The number of nitrogens with one attached hydrogen (secondary N) is 1. The molecule has 0 spiro atoms. The highest BCUT2D eigenvalue weighted by Gasteiger charge is 2.48. The molecule has 0 saturated heterocycles. The molecule has 0 bridgehead atoms. The van der Waals surface area contributed by atoms with Gasteiger partial charge in [-0.3, -0.25) is 4.79 Å². The third-order valence-electron chi connectivity index (χ3n) is 3.45. The zero-order chi connectivity index (χ0) is 11.9. The minimum Gasteiger partial charge on any atom is -0.396 e. The molecule has 88 valence electrons. The third-order valence-corrected chi connectivity index (χ3v) is 3.45. The summed E-state index contributed by atoms with van der Waals surface area (Å²) in [4.78, 5) is 19.1. The molecule has 1 aliphatic carbocycles. The second kappa shape index (κ2) is 3.70. The number of aliphatic hydroxyl groups excluding tert-OH is 1. The van der Waals surface area contributed by atoms with Crippen LogP contribution in [0.15, 0.2) is 4.79 Å². The van der Waals surface area contributed by atoms with Crippen LogP contribution in [-0.2, 0) is 6.42 Å². The summed E-state index contributed by atoms with van der Waals surface area (Å²) in [5.74, 6) is 1.18. The molecule has 1 fully saturated rings. The molecule has 0 aliphatic heterocycles. The molecule has 0 aromatic carbocycles. The summed E-state index contributed by atoms with van der Waals surface area (Å²) in [7, 11) is 0. The Morgan fingerprint density at radius 2 is 2.19 bits per heavy atom. The van der Waals surface area contributed by atoms with Crippen molar-refractivity contribution >= 4 is 0 Å².